The molecule has 1 atom stereocenters. The summed E-state index contributed by atoms with van der Waals surface area (Å²) in [6, 6.07) is 5.82. The minimum absolute atomic E-state index is 0.151. The lowest BCUT2D eigenvalue weighted by molar-refractivity contribution is 0.0855. The Kier molecular flexibility index (Phi) is 5.88. The summed E-state index contributed by atoms with van der Waals surface area (Å²) in [6.45, 7) is 5.44. The van der Waals surface area contributed by atoms with Crippen LogP contribution in [0, 0.1) is 0 Å². The third kappa shape index (κ3) is 4.26. The average molecular weight is 317 g/mol. The molecule has 0 amide bonds. The average Bonchev–Trinajstić information content (AvgIpc) is 2.26. The molecule has 0 radical (unpaired) electrons. The lowest BCUT2D eigenvalue weighted by Crippen LogP contribution is -2.22. The van der Waals surface area contributed by atoms with E-state index in [2.05, 4.69) is 21.2 Å². The van der Waals surface area contributed by atoms with E-state index in [-0.39, 0.29) is 6.10 Å². The SMILES string of the molecule is CCOC(C)CNc1cccc(Br)c1C(N)=S. The maximum atomic E-state index is 5.71. The van der Waals surface area contributed by atoms with Crippen molar-refractivity contribution in [2.45, 2.75) is 20.0 Å². The molecule has 0 spiro atoms. The highest BCUT2D eigenvalue weighted by atomic mass is 79.9. The molecule has 0 bridgehead atoms. The van der Waals surface area contributed by atoms with Gasteiger partial charge in [-0.1, -0.05) is 18.3 Å². The highest BCUT2D eigenvalue weighted by Crippen LogP contribution is 2.24. The van der Waals surface area contributed by atoms with E-state index in [1.807, 2.05) is 32.0 Å². The summed E-state index contributed by atoms with van der Waals surface area (Å²) in [6.07, 6.45) is 0.151. The first-order valence-corrected chi connectivity index (χ1v) is 6.70. The molecular formula is C12H17BrN2OS. The zero-order valence-electron chi connectivity index (χ0n) is 10.00. The van der Waals surface area contributed by atoms with E-state index in [0.717, 1.165) is 22.3 Å². The van der Waals surface area contributed by atoms with Crippen molar-refractivity contribution in [3.63, 3.8) is 0 Å². The molecule has 0 saturated heterocycles. The van der Waals surface area contributed by atoms with Crippen molar-refractivity contribution in [2.24, 2.45) is 5.73 Å². The molecule has 1 aromatic rings. The fourth-order valence-electron chi connectivity index (χ4n) is 1.52. The normalized spacial score (nSPS) is 12.2. The van der Waals surface area contributed by atoms with Crippen LogP contribution >= 0.6 is 28.1 Å². The van der Waals surface area contributed by atoms with Gasteiger partial charge in [-0.15, -0.1) is 0 Å². The first kappa shape index (κ1) is 14.4. The molecule has 94 valence electrons. The summed E-state index contributed by atoms with van der Waals surface area (Å²) in [7, 11) is 0. The van der Waals surface area contributed by atoms with Gasteiger partial charge in [0.2, 0.25) is 0 Å². The molecule has 1 aromatic carbocycles. The molecule has 1 rings (SSSR count). The Hall–Kier alpha value is -0.650. The predicted octanol–water partition coefficient (Wildman–Crippen LogP) is 2.92. The van der Waals surface area contributed by atoms with Crippen LogP contribution in [-0.2, 0) is 4.74 Å². The van der Waals surface area contributed by atoms with Crippen molar-refractivity contribution in [2.75, 3.05) is 18.5 Å². The molecule has 0 aliphatic carbocycles. The quantitative estimate of drug-likeness (QED) is 0.792. The van der Waals surface area contributed by atoms with Crippen LogP contribution in [0.5, 0.6) is 0 Å². The standard InChI is InChI=1S/C12H17BrN2OS/c1-3-16-8(2)7-15-10-6-4-5-9(13)11(10)12(14)17/h4-6,8,15H,3,7H2,1-2H3,(H2,14,17). The van der Waals surface area contributed by atoms with Gasteiger partial charge in [0, 0.05) is 28.9 Å². The summed E-state index contributed by atoms with van der Waals surface area (Å²) < 4.78 is 6.36. The summed E-state index contributed by atoms with van der Waals surface area (Å²) in [4.78, 5) is 0.379. The lowest BCUT2D eigenvalue weighted by Gasteiger charge is -2.16. The molecule has 0 aliphatic rings. The van der Waals surface area contributed by atoms with Gasteiger partial charge in [0.15, 0.2) is 0 Å². The molecule has 3 N–H and O–H groups in total. The molecule has 0 aliphatic heterocycles. The Labute approximate surface area is 116 Å². The molecular weight excluding hydrogens is 300 g/mol. The minimum Gasteiger partial charge on any atom is -0.389 e. The second kappa shape index (κ2) is 6.93. The van der Waals surface area contributed by atoms with Crippen LogP contribution in [0.4, 0.5) is 5.69 Å². The summed E-state index contributed by atoms with van der Waals surface area (Å²) in [5, 5.41) is 3.30. The number of hydrogen-bond acceptors (Lipinski definition) is 3. The van der Waals surface area contributed by atoms with E-state index in [0.29, 0.717) is 11.6 Å². The zero-order valence-corrected chi connectivity index (χ0v) is 12.4. The fourth-order valence-corrected chi connectivity index (χ4v) is 2.45. The molecule has 3 nitrogen and oxygen atoms in total. The van der Waals surface area contributed by atoms with Crippen LogP contribution in [0.15, 0.2) is 22.7 Å². The van der Waals surface area contributed by atoms with Crippen molar-refractivity contribution >= 4 is 38.8 Å². The van der Waals surface area contributed by atoms with Crippen LogP contribution in [0.25, 0.3) is 0 Å². The second-order valence-electron chi connectivity index (χ2n) is 3.67. The van der Waals surface area contributed by atoms with Crippen molar-refractivity contribution in [1.29, 1.82) is 0 Å². The number of thiocarbonyl (C=S) groups is 1. The Balaban J connectivity index is 2.77. The van der Waals surface area contributed by atoms with Crippen molar-refractivity contribution in [1.82, 2.24) is 0 Å². The van der Waals surface area contributed by atoms with Crippen LogP contribution in [0.3, 0.4) is 0 Å². The van der Waals surface area contributed by atoms with E-state index in [9.17, 15) is 0 Å². The lowest BCUT2D eigenvalue weighted by atomic mass is 10.1. The van der Waals surface area contributed by atoms with E-state index in [1.165, 1.54) is 0 Å². The topological polar surface area (TPSA) is 47.3 Å². The number of hydrogen-bond donors (Lipinski definition) is 2. The van der Waals surface area contributed by atoms with Crippen molar-refractivity contribution in [3.05, 3.63) is 28.2 Å². The molecule has 0 aromatic heterocycles. The van der Waals surface area contributed by atoms with E-state index >= 15 is 0 Å². The van der Waals surface area contributed by atoms with Crippen LogP contribution in [0.2, 0.25) is 0 Å². The molecule has 0 fully saturated rings. The predicted molar refractivity (Wildman–Crippen MR) is 79.6 cm³/mol. The zero-order chi connectivity index (χ0) is 12.8. The fraction of sp³-hybridized carbons (Fsp3) is 0.417. The van der Waals surface area contributed by atoms with E-state index in [1.54, 1.807) is 0 Å². The first-order valence-electron chi connectivity index (χ1n) is 5.50. The Morgan fingerprint density at radius 1 is 1.59 bits per heavy atom. The van der Waals surface area contributed by atoms with E-state index < -0.39 is 0 Å². The summed E-state index contributed by atoms with van der Waals surface area (Å²) in [5.74, 6) is 0. The number of ether oxygens (including phenoxy) is 1. The van der Waals surface area contributed by atoms with Gasteiger partial charge < -0.3 is 15.8 Å². The third-order valence-corrected chi connectivity index (χ3v) is 3.16. The molecule has 0 saturated carbocycles. The third-order valence-electron chi connectivity index (χ3n) is 2.29. The smallest absolute Gasteiger partial charge is 0.107 e. The van der Waals surface area contributed by atoms with Crippen molar-refractivity contribution < 1.29 is 4.74 Å². The van der Waals surface area contributed by atoms with Gasteiger partial charge in [0.05, 0.1) is 6.10 Å². The number of anilines is 1. The summed E-state index contributed by atoms with van der Waals surface area (Å²) >= 11 is 8.49. The number of nitrogens with two attached hydrogens (primary N) is 1. The van der Waals surface area contributed by atoms with Gasteiger partial charge in [-0.2, -0.15) is 0 Å². The van der Waals surface area contributed by atoms with Gasteiger partial charge in [-0.25, -0.2) is 0 Å². The van der Waals surface area contributed by atoms with Crippen LogP contribution in [-0.4, -0.2) is 24.2 Å². The molecule has 5 heteroatoms. The van der Waals surface area contributed by atoms with Gasteiger partial charge in [0.25, 0.3) is 0 Å². The van der Waals surface area contributed by atoms with Crippen LogP contribution < -0.4 is 11.1 Å². The molecule has 0 heterocycles. The molecule has 1 unspecified atom stereocenters. The summed E-state index contributed by atoms with van der Waals surface area (Å²) in [5.41, 5.74) is 7.48. The van der Waals surface area contributed by atoms with Crippen molar-refractivity contribution in [3.8, 4) is 0 Å². The first-order chi connectivity index (χ1) is 8.06. The van der Waals surface area contributed by atoms with Gasteiger partial charge in [-0.05, 0) is 41.9 Å². The van der Waals surface area contributed by atoms with E-state index in [4.69, 9.17) is 22.7 Å². The Bertz CT molecular complexity index is 398. The number of rotatable bonds is 6. The van der Waals surface area contributed by atoms with Gasteiger partial charge >= 0.3 is 0 Å². The van der Waals surface area contributed by atoms with Gasteiger partial charge in [-0.3, -0.25) is 0 Å². The minimum atomic E-state index is 0.151. The number of nitrogens with one attached hydrogen (secondary N) is 1. The van der Waals surface area contributed by atoms with Gasteiger partial charge in [0.1, 0.15) is 4.99 Å². The molecule has 17 heavy (non-hydrogen) atoms. The highest BCUT2D eigenvalue weighted by molar-refractivity contribution is 9.10. The largest absolute Gasteiger partial charge is 0.389 e. The number of halogens is 1. The Morgan fingerprint density at radius 3 is 2.88 bits per heavy atom. The monoisotopic (exact) mass is 316 g/mol. The highest BCUT2D eigenvalue weighted by Gasteiger charge is 2.10. The Morgan fingerprint density at radius 2 is 2.29 bits per heavy atom. The maximum Gasteiger partial charge on any atom is 0.107 e. The van der Waals surface area contributed by atoms with Crippen LogP contribution in [0.1, 0.15) is 19.4 Å². The number of benzene rings is 1. The maximum absolute atomic E-state index is 5.71. The second-order valence-corrected chi connectivity index (χ2v) is 4.97.